The van der Waals surface area contributed by atoms with Crippen molar-refractivity contribution in [1.29, 1.82) is 0 Å². The van der Waals surface area contributed by atoms with Crippen molar-refractivity contribution in [3.05, 3.63) is 28.7 Å². The SMILES string of the molecule is NC(N)=NC1=NC(=O)[C@H](CC(=O)Nc2ccc(Br)cc2)S1. The molecule has 1 atom stereocenters. The van der Waals surface area contributed by atoms with Gasteiger partial charge in [0.2, 0.25) is 5.91 Å². The molecular weight excluding hydrogens is 358 g/mol. The lowest BCUT2D eigenvalue weighted by Crippen LogP contribution is -2.23. The van der Waals surface area contributed by atoms with Gasteiger partial charge in [0.05, 0.1) is 0 Å². The van der Waals surface area contributed by atoms with Gasteiger partial charge in [0.25, 0.3) is 5.91 Å². The van der Waals surface area contributed by atoms with E-state index in [0.717, 1.165) is 16.2 Å². The number of nitrogens with zero attached hydrogens (tertiary/aromatic N) is 2. The van der Waals surface area contributed by atoms with Crippen molar-refractivity contribution in [3.63, 3.8) is 0 Å². The summed E-state index contributed by atoms with van der Waals surface area (Å²) in [7, 11) is 0. The second-order valence-electron chi connectivity index (χ2n) is 4.13. The molecule has 1 aliphatic rings. The number of hydrogen-bond acceptors (Lipinski definition) is 4. The number of amidine groups is 1. The van der Waals surface area contributed by atoms with Crippen LogP contribution in [0.4, 0.5) is 5.69 Å². The van der Waals surface area contributed by atoms with Crippen molar-refractivity contribution in [2.24, 2.45) is 21.5 Å². The molecule has 0 unspecified atom stereocenters. The molecule has 0 radical (unpaired) electrons. The molecule has 5 N–H and O–H groups in total. The maximum atomic E-state index is 11.9. The topological polar surface area (TPSA) is 123 Å². The van der Waals surface area contributed by atoms with Crippen LogP contribution in [0.15, 0.2) is 38.7 Å². The van der Waals surface area contributed by atoms with Crippen molar-refractivity contribution in [2.75, 3.05) is 5.32 Å². The van der Waals surface area contributed by atoms with Crippen molar-refractivity contribution in [2.45, 2.75) is 11.7 Å². The molecule has 2 rings (SSSR count). The molecule has 1 aromatic carbocycles. The molecule has 7 nitrogen and oxygen atoms in total. The Hall–Kier alpha value is -1.87. The predicted molar refractivity (Wildman–Crippen MR) is 87.0 cm³/mol. The molecule has 0 saturated heterocycles. The summed E-state index contributed by atoms with van der Waals surface area (Å²) in [6.45, 7) is 0. The van der Waals surface area contributed by atoms with Gasteiger partial charge in [0.1, 0.15) is 5.25 Å². The third-order valence-electron chi connectivity index (χ3n) is 2.45. The van der Waals surface area contributed by atoms with Crippen molar-refractivity contribution in [3.8, 4) is 0 Å². The van der Waals surface area contributed by atoms with Gasteiger partial charge >= 0.3 is 0 Å². The lowest BCUT2D eigenvalue weighted by molar-refractivity contribution is -0.121. The van der Waals surface area contributed by atoms with Gasteiger partial charge in [-0.1, -0.05) is 27.7 Å². The Labute approximate surface area is 133 Å². The molecule has 1 aromatic rings. The summed E-state index contributed by atoms with van der Waals surface area (Å²) in [4.78, 5) is 31.0. The molecule has 9 heteroatoms. The van der Waals surface area contributed by atoms with Crippen molar-refractivity contribution in [1.82, 2.24) is 0 Å². The van der Waals surface area contributed by atoms with Crippen LogP contribution < -0.4 is 16.8 Å². The van der Waals surface area contributed by atoms with Gasteiger partial charge in [-0.15, -0.1) is 0 Å². The van der Waals surface area contributed by atoms with Gasteiger partial charge in [-0.3, -0.25) is 9.59 Å². The molecule has 0 aliphatic carbocycles. The molecule has 1 heterocycles. The molecule has 21 heavy (non-hydrogen) atoms. The number of guanidine groups is 1. The van der Waals surface area contributed by atoms with E-state index in [1.807, 2.05) is 12.1 Å². The highest BCUT2D eigenvalue weighted by Gasteiger charge is 2.30. The van der Waals surface area contributed by atoms with Crippen LogP contribution in [0, 0.1) is 0 Å². The first-order valence-corrected chi connectivity index (χ1v) is 7.55. The van der Waals surface area contributed by atoms with Crippen LogP contribution in [-0.2, 0) is 9.59 Å². The molecular formula is C12H12BrN5O2S. The summed E-state index contributed by atoms with van der Waals surface area (Å²) in [6.07, 6.45) is 0.00651. The predicted octanol–water partition coefficient (Wildman–Crippen LogP) is 1.05. The first-order valence-electron chi connectivity index (χ1n) is 5.88. The normalized spacial score (nSPS) is 17.3. The number of amides is 2. The minimum atomic E-state index is -0.599. The van der Waals surface area contributed by atoms with Gasteiger partial charge < -0.3 is 16.8 Å². The van der Waals surface area contributed by atoms with E-state index in [1.54, 1.807) is 12.1 Å². The van der Waals surface area contributed by atoms with Gasteiger partial charge in [-0.2, -0.15) is 9.98 Å². The van der Waals surface area contributed by atoms with Crippen LogP contribution in [0.3, 0.4) is 0 Å². The monoisotopic (exact) mass is 369 g/mol. The fourth-order valence-corrected chi connectivity index (χ4v) is 2.78. The number of anilines is 1. The Morgan fingerprint density at radius 1 is 1.38 bits per heavy atom. The Morgan fingerprint density at radius 2 is 2.05 bits per heavy atom. The number of hydrogen-bond donors (Lipinski definition) is 3. The molecule has 0 aromatic heterocycles. The largest absolute Gasteiger partial charge is 0.370 e. The first-order chi connectivity index (χ1) is 9.94. The molecule has 0 spiro atoms. The third kappa shape index (κ3) is 4.57. The van der Waals surface area contributed by atoms with Crippen LogP contribution in [0.25, 0.3) is 0 Å². The number of carbonyl (C=O) groups is 2. The smallest absolute Gasteiger partial charge is 0.262 e. The summed E-state index contributed by atoms with van der Waals surface area (Å²) in [5.41, 5.74) is 11.1. The third-order valence-corrected chi connectivity index (χ3v) is 4.03. The average molecular weight is 370 g/mol. The average Bonchev–Trinajstić information content (AvgIpc) is 2.71. The lowest BCUT2D eigenvalue weighted by Gasteiger charge is -2.07. The zero-order valence-electron chi connectivity index (χ0n) is 10.7. The lowest BCUT2D eigenvalue weighted by atomic mass is 10.2. The number of nitrogens with two attached hydrogens (primary N) is 2. The highest BCUT2D eigenvalue weighted by Crippen LogP contribution is 2.26. The zero-order chi connectivity index (χ0) is 15.4. The number of halogens is 1. The highest BCUT2D eigenvalue weighted by atomic mass is 79.9. The molecule has 2 amide bonds. The minimum absolute atomic E-state index is 0.00651. The van der Waals surface area contributed by atoms with Gasteiger partial charge in [-0.25, -0.2) is 0 Å². The van der Waals surface area contributed by atoms with E-state index in [-0.39, 0.29) is 23.5 Å². The van der Waals surface area contributed by atoms with E-state index in [1.165, 1.54) is 0 Å². The Morgan fingerprint density at radius 3 is 2.67 bits per heavy atom. The molecule has 1 aliphatic heterocycles. The Kier molecular flexibility index (Phi) is 4.97. The Balaban J connectivity index is 1.91. The fourth-order valence-electron chi connectivity index (χ4n) is 1.57. The van der Waals surface area contributed by atoms with E-state index >= 15 is 0 Å². The number of thioether (sulfide) groups is 1. The number of benzene rings is 1. The molecule has 0 bridgehead atoms. The first kappa shape index (κ1) is 15.5. The standard InChI is InChI=1S/C12H12BrN5O2S/c13-6-1-3-7(4-2-6)16-9(19)5-8-10(20)17-12(21-8)18-11(14)15/h1-4,8H,5H2,(H,16,19)(H4,14,15,17,18,20)/t8-/m0/s1. The minimum Gasteiger partial charge on any atom is -0.370 e. The summed E-state index contributed by atoms with van der Waals surface area (Å²) in [5, 5.41) is 2.29. The number of aliphatic imine (C=N–C) groups is 2. The van der Waals surface area contributed by atoms with Crippen LogP contribution >= 0.6 is 27.7 Å². The van der Waals surface area contributed by atoms with Crippen molar-refractivity contribution >= 4 is 56.3 Å². The maximum absolute atomic E-state index is 11.9. The summed E-state index contributed by atoms with van der Waals surface area (Å²) >= 11 is 4.38. The molecule has 0 fully saturated rings. The van der Waals surface area contributed by atoms with Crippen molar-refractivity contribution < 1.29 is 9.59 Å². The summed E-state index contributed by atoms with van der Waals surface area (Å²) in [5.74, 6) is -0.857. The number of rotatable bonds is 3. The quantitative estimate of drug-likeness (QED) is 0.542. The second kappa shape index (κ2) is 6.72. The van der Waals surface area contributed by atoms with Crippen LogP contribution in [-0.4, -0.2) is 28.2 Å². The van der Waals surface area contributed by atoms with E-state index in [2.05, 4.69) is 31.2 Å². The maximum Gasteiger partial charge on any atom is 0.262 e. The van der Waals surface area contributed by atoms with Crippen LogP contribution in [0.1, 0.15) is 6.42 Å². The van der Waals surface area contributed by atoms with E-state index in [0.29, 0.717) is 5.69 Å². The Bertz CT molecular complexity index is 625. The summed E-state index contributed by atoms with van der Waals surface area (Å²) in [6, 6.07) is 7.13. The molecule has 110 valence electrons. The van der Waals surface area contributed by atoms with E-state index in [9.17, 15) is 9.59 Å². The number of carbonyl (C=O) groups excluding carboxylic acids is 2. The molecule has 0 saturated carbocycles. The summed E-state index contributed by atoms with van der Waals surface area (Å²) < 4.78 is 0.914. The van der Waals surface area contributed by atoms with Crippen LogP contribution in [0.5, 0.6) is 0 Å². The zero-order valence-corrected chi connectivity index (χ0v) is 13.1. The van der Waals surface area contributed by atoms with E-state index < -0.39 is 11.2 Å². The van der Waals surface area contributed by atoms with Crippen LogP contribution in [0.2, 0.25) is 0 Å². The highest BCUT2D eigenvalue weighted by molar-refractivity contribution is 9.10. The van der Waals surface area contributed by atoms with E-state index in [4.69, 9.17) is 11.5 Å². The fraction of sp³-hybridized carbons (Fsp3) is 0.167. The number of nitrogens with one attached hydrogen (secondary N) is 1. The van der Waals surface area contributed by atoms with Gasteiger partial charge in [0.15, 0.2) is 11.1 Å². The second-order valence-corrected chi connectivity index (χ2v) is 6.22. The van der Waals surface area contributed by atoms with Gasteiger partial charge in [-0.05, 0) is 24.3 Å². The van der Waals surface area contributed by atoms with Gasteiger partial charge in [0, 0.05) is 16.6 Å².